The summed E-state index contributed by atoms with van der Waals surface area (Å²) in [7, 11) is 0. The minimum Gasteiger partial charge on any atom is -0.387 e. The van der Waals surface area contributed by atoms with Gasteiger partial charge >= 0.3 is 0 Å². The molecular formula is C20H31F2IN4OS. The third-order valence-corrected chi connectivity index (χ3v) is 6.48. The lowest BCUT2D eigenvalue weighted by Crippen LogP contribution is -2.51. The van der Waals surface area contributed by atoms with Crippen molar-refractivity contribution >= 4 is 41.7 Å². The van der Waals surface area contributed by atoms with Gasteiger partial charge in [0.25, 0.3) is 0 Å². The molecule has 9 heteroatoms. The molecule has 5 nitrogen and oxygen atoms in total. The fraction of sp³-hybridized carbons (Fsp3) is 0.650. The van der Waals surface area contributed by atoms with E-state index >= 15 is 0 Å². The molecule has 2 unspecified atom stereocenters. The van der Waals surface area contributed by atoms with Crippen LogP contribution in [0.1, 0.15) is 31.7 Å². The van der Waals surface area contributed by atoms with Gasteiger partial charge in [0.2, 0.25) is 0 Å². The summed E-state index contributed by atoms with van der Waals surface area (Å²) < 4.78 is 27.9. The summed E-state index contributed by atoms with van der Waals surface area (Å²) in [4.78, 5) is 6.67. The Bertz CT molecular complexity index is 668. The van der Waals surface area contributed by atoms with Crippen LogP contribution >= 0.6 is 35.7 Å². The first-order valence-electron chi connectivity index (χ1n) is 9.99. The van der Waals surface area contributed by atoms with Crippen molar-refractivity contribution in [3.63, 3.8) is 0 Å². The molecule has 2 atom stereocenters. The number of nitrogens with one attached hydrogen (secondary N) is 2. The maximum atomic E-state index is 14.0. The average Bonchev–Trinajstić information content (AvgIpc) is 3.10. The number of likely N-dealkylation sites (tertiary alicyclic amines) is 1. The smallest absolute Gasteiger partial charge is 0.191 e. The van der Waals surface area contributed by atoms with E-state index in [0.717, 1.165) is 43.9 Å². The number of aliphatic imine (C=N–C) groups is 1. The normalized spacial score (nSPS) is 25.5. The molecule has 0 aliphatic carbocycles. The van der Waals surface area contributed by atoms with E-state index in [1.807, 2.05) is 6.92 Å². The molecule has 2 aliphatic heterocycles. The van der Waals surface area contributed by atoms with Gasteiger partial charge in [-0.25, -0.2) is 8.78 Å². The molecule has 3 rings (SSSR count). The Morgan fingerprint density at radius 3 is 2.79 bits per heavy atom. The fourth-order valence-electron chi connectivity index (χ4n) is 3.68. The maximum Gasteiger partial charge on any atom is 0.191 e. The molecule has 2 heterocycles. The van der Waals surface area contributed by atoms with E-state index in [-0.39, 0.29) is 42.1 Å². The zero-order valence-electron chi connectivity index (χ0n) is 16.8. The largest absolute Gasteiger partial charge is 0.387 e. The van der Waals surface area contributed by atoms with Crippen molar-refractivity contribution in [1.29, 1.82) is 0 Å². The van der Waals surface area contributed by atoms with E-state index in [2.05, 4.69) is 20.5 Å². The lowest BCUT2D eigenvalue weighted by Gasteiger charge is -2.34. The Balaban J connectivity index is 0.00000300. The zero-order chi connectivity index (χ0) is 20.0. The first-order chi connectivity index (χ1) is 13.5. The summed E-state index contributed by atoms with van der Waals surface area (Å²) >= 11 is 1.76. The van der Waals surface area contributed by atoms with Gasteiger partial charge in [-0.15, -0.1) is 24.0 Å². The summed E-state index contributed by atoms with van der Waals surface area (Å²) in [6, 6.07) is 4.15. The van der Waals surface area contributed by atoms with Gasteiger partial charge in [-0.05, 0) is 50.6 Å². The quantitative estimate of drug-likeness (QED) is 0.295. The number of aliphatic hydroxyl groups is 1. The summed E-state index contributed by atoms with van der Waals surface area (Å²) in [5.41, 5.74) is -0.585. The number of hydrogen-bond acceptors (Lipinski definition) is 4. The van der Waals surface area contributed by atoms with Crippen molar-refractivity contribution in [1.82, 2.24) is 15.5 Å². The van der Waals surface area contributed by atoms with E-state index in [1.54, 1.807) is 11.8 Å². The van der Waals surface area contributed by atoms with Crippen molar-refractivity contribution in [3.8, 4) is 0 Å². The molecule has 3 N–H and O–H groups in total. The molecule has 29 heavy (non-hydrogen) atoms. The number of benzene rings is 1. The number of thioether (sulfide) groups is 1. The highest BCUT2D eigenvalue weighted by Gasteiger charge is 2.31. The van der Waals surface area contributed by atoms with Gasteiger partial charge in [0.15, 0.2) is 5.96 Å². The van der Waals surface area contributed by atoms with E-state index in [0.29, 0.717) is 19.0 Å². The molecule has 0 amide bonds. The Labute approximate surface area is 193 Å². The zero-order valence-corrected chi connectivity index (χ0v) is 19.9. The number of guanidine groups is 1. The Morgan fingerprint density at radius 2 is 2.14 bits per heavy atom. The summed E-state index contributed by atoms with van der Waals surface area (Å²) in [6.45, 7) is 4.89. The lowest BCUT2D eigenvalue weighted by atomic mass is 10.0. The molecule has 2 saturated heterocycles. The second-order valence-electron chi connectivity index (χ2n) is 7.64. The highest BCUT2D eigenvalue weighted by Crippen LogP contribution is 2.27. The van der Waals surface area contributed by atoms with E-state index in [4.69, 9.17) is 0 Å². The highest BCUT2D eigenvalue weighted by molar-refractivity contribution is 14.0. The Hall–Kier alpha value is -0.650. The maximum absolute atomic E-state index is 14.0. The van der Waals surface area contributed by atoms with Crippen molar-refractivity contribution in [3.05, 3.63) is 35.4 Å². The van der Waals surface area contributed by atoms with Crippen molar-refractivity contribution in [2.24, 2.45) is 4.99 Å². The standard InChI is InChI=1S/C20H30F2N4OS.HI/c1-2-23-19(24-13-20(27)8-10-28-14-20)25-15-5-4-9-26(11-15)12-16-17(21)6-3-7-18(16)22;/h3,6-7,15,27H,2,4-5,8-14H2,1H3,(H2,23,24,25);1H. The van der Waals surface area contributed by atoms with E-state index < -0.39 is 17.2 Å². The molecule has 2 fully saturated rings. The second kappa shape index (κ2) is 11.7. The summed E-state index contributed by atoms with van der Waals surface area (Å²) in [5.74, 6) is 1.40. The van der Waals surface area contributed by atoms with E-state index in [1.165, 1.54) is 18.2 Å². The molecule has 0 aromatic heterocycles. The second-order valence-corrected chi connectivity index (χ2v) is 8.75. The van der Waals surface area contributed by atoms with E-state index in [9.17, 15) is 13.9 Å². The molecule has 1 aromatic rings. The van der Waals surface area contributed by atoms with Gasteiger partial charge < -0.3 is 15.7 Å². The van der Waals surface area contributed by atoms with Gasteiger partial charge in [0, 0.05) is 37.0 Å². The molecule has 2 aliphatic rings. The first-order valence-corrected chi connectivity index (χ1v) is 11.1. The minimum atomic E-state index is -0.714. The highest BCUT2D eigenvalue weighted by atomic mass is 127. The van der Waals surface area contributed by atoms with Crippen LogP contribution in [-0.2, 0) is 6.54 Å². The molecule has 164 valence electrons. The molecule has 0 spiro atoms. The predicted molar refractivity (Wildman–Crippen MR) is 126 cm³/mol. The number of rotatable bonds is 6. The molecule has 0 radical (unpaired) electrons. The van der Waals surface area contributed by atoms with Crippen molar-refractivity contribution < 1.29 is 13.9 Å². The minimum absolute atomic E-state index is 0. The van der Waals surface area contributed by atoms with Crippen LogP contribution < -0.4 is 10.6 Å². The first kappa shape index (κ1) is 24.6. The van der Waals surface area contributed by atoms with Crippen LogP contribution in [0.3, 0.4) is 0 Å². The van der Waals surface area contributed by atoms with Crippen LogP contribution in [0.15, 0.2) is 23.2 Å². The third-order valence-electron chi connectivity index (χ3n) is 5.25. The van der Waals surface area contributed by atoms with Gasteiger partial charge in [-0.1, -0.05) is 6.07 Å². The Morgan fingerprint density at radius 1 is 1.38 bits per heavy atom. The Kier molecular flexibility index (Phi) is 9.90. The summed E-state index contributed by atoms with van der Waals surface area (Å²) in [5, 5.41) is 17.2. The van der Waals surface area contributed by atoms with Gasteiger partial charge in [-0.3, -0.25) is 9.89 Å². The van der Waals surface area contributed by atoms with Crippen LogP contribution in [0.4, 0.5) is 8.78 Å². The summed E-state index contributed by atoms with van der Waals surface area (Å²) in [6.07, 6.45) is 2.69. The number of piperidine rings is 1. The van der Waals surface area contributed by atoms with Gasteiger partial charge in [0.05, 0.1) is 12.1 Å². The molecular weight excluding hydrogens is 509 g/mol. The number of hydrogen-bond donors (Lipinski definition) is 3. The van der Waals surface area contributed by atoms with Crippen molar-refractivity contribution in [2.75, 3.05) is 37.7 Å². The van der Waals surface area contributed by atoms with Crippen LogP contribution in [0.25, 0.3) is 0 Å². The number of halogens is 3. The SMILES string of the molecule is CCNC(=NCC1(O)CCSC1)NC1CCCN(Cc2c(F)cccc2F)C1.I. The van der Waals surface area contributed by atoms with Gasteiger partial charge in [-0.2, -0.15) is 11.8 Å². The molecule has 0 bridgehead atoms. The topological polar surface area (TPSA) is 59.9 Å². The van der Waals surface area contributed by atoms with Crippen LogP contribution in [0.2, 0.25) is 0 Å². The van der Waals surface area contributed by atoms with Crippen molar-refractivity contribution in [2.45, 2.75) is 44.4 Å². The number of nitrogens with zero attached hydrogens (tertiary/aromatic N) is 2. The van der Waals surface area contributed by atoms with Crippen LogP contribution in [0.5, 0.6) is 0 Å². The predicted octanol–water partition coefficient (Wildman–Crippen LogP) is 2.97. The van der Waals surface area contributed by atoms with Gasteiger partial charge in [0.1, 0.15) is 11.6 Å². The van der Waals surface area contributed by atoms with Crippen LogP contribution in [0, 0.1) is 11.6 Å². The average molecular weight is 540 g/mol. The monoisotopic (exact) mass is 540 g/mol. The third kappa shape index (κ3) is 7.22. The lowest BCUT2D eigenvalue weighted by molar-refractivity contribution is 0.0778. The molecule has 1 aromatic carbocycles. The van der Waals surface area contributed by atoms with Crippen LogP contribution in [-0.4, -0.2) is 65.3 Å². The fourth-order valence-corrected chi connectivity index (χ4v) is 4.97. The molecule has 0 saturated carbocycles.